The molecule has 34 heavy (non-hydrogen) atoms. The largest absolute Gasteiger partial charge is 0.489 e. The number of halogens is 1. The van der Waals surface area contributed by atoms with Gasteiger partial charge in [0.25, 0.3) is 0 Å². The fraction of sp³-hybridized carbons (Fsp3) is 0.567. The average Bonchev–Trinajstić information content (AvgIpc) is 3.18. The first-order valence-electron chi connectivity index (χ1n) is 13.2. The van der Waals surface area contributed by atoms with E-state index in [0.29, 0.717) is 30.8 Å². The third kappa shape index (κ3) is 4.48. The lowest BCUT2D eigenvalue weighted by Gasteiger charge is -2.50. The van der Waals surface area contributed by atoms with E-state index in [-0.39, 0.29) is 23.3 Å². The van der Waals surface area contributed by atoms with Crippen LogP contribution in [0.5, 0.6) is 5.75 Å². The quantitative estimate of drug-likeness (QED) is 0.402. The van der Waals surface area contributed by atoms with Gasteiger partial charge in [0.15, 0.2) is 0 Å². The van der Waals surface area contributed by atoms with Crippen LogP contribution in [-0.2, 0) is 22.6 Å². The van der Waals surface area contributed by atoms with E-state index in [1.165, 1.54) is 42.5 Å². The summed E-state index contributed by atoms with van der Waals surface area (Å²) in [5.74, 6) is 2.58. The standard InChI is InChI=1S/C30H37FO3/c1-3-4-5-29(32)34-28-15-14-27-26-12-8-21-18-23(33-19-20-6-9-22(31)10-7-20)11-13-24(21)25(26)16-17-30(27,28)2/h6-7,9-11,13,18,25-28H,3-5,8,12,14-17,19H2,1-2H3/t25-,26+,27-,28+,30-/m0/s1. The van der Waals surface area contributed by atoms with E-state index in [0.717, 1.165) is 43.4 Å². The Morgan fingerprint density at radius 3 is 2.71 bits per heavy atom. The number of unbranched alkanes of at least 4 members (excludes halogenated alkanes) is 1. The monoisotopic (exact) mass is 464 g/mol. The Kier molecular flexibility index (Phi) is 6.68. The van der Waals surface area contributed by atoms with Gasteiger partial charge in [0.2, 0.25) is 0 Å². The van der Waals surface area contributed by atoms with E-state index in [9.17, 15) is 9.18 Å². The van der Waals surface area contributed by atoms with Crippen LogP contribution >= 0.6 is 0 Å². The van der Waals surface area contributed by atoms with Gasteiger partial charge < -0.3 is 9.47 Å². The van der Waals surface area contributed by atoms with Gasteiger partial charge in [-0.1, -0.05) is 38.5 Å². The van der Waals surface area contributed by atoms with Crippen LogP contribution in [0.1, 0.15) is 87.8 Å². The van der Waals surface area contributed by atoms with E-state index >= 15 is 0 Å². The molecule has 0 heterocycles. The molecule has 3 nitrogen and oxygen atoms in total. The van der Waals surface area contributed by atoms with Crippen LogP contribution in [0.3, 0.4) is 0 Å². The van der Waals surface area contributed by atoms with Gasteiger partial charge in [0.1, 0.15) is 24.3 Å². The molecule has 0 saturated heterocycles. The highest BCUT2D eigenvalue weighted by Crippen LogP contribution is 2.61. The predicted molar refractivity (Wildman–Crippen MR) is 131 cm³/mol. The summed E-state index contributed by atoms with van der Waals surface area (Å²) in [4.78, 5) is 12.4. The third-order valence-electron chi connectivity index (χ3n) is 8.94. The topological polar surface area (TPSA) is 35.5 Å². The summed E-state index contributed by atoms with van der Waals surface area (Å²) in [6, 6.07) is 13.1. The number of ether oxygens (including phenoxy) is 2. The zero-order valence-corrected chi connectivity index (χ0v) is 20.5. The van der Waals surface area contributed by atoms with Gasteiger partial charge in [-0.15, -0.1) is 0 Å². The molecule has 3 aliphatic rings. The molecular weight excluding hydrogens is 427 g/mol. The van der Waals surface area contributed by atoms with Gasteiger partial charge in [-0.2, -0.15) is 0 Å². The Morgan fingerprint density at radius 2 is 1.91 bits per heavy atom. The molecule has 4 heteroatoms. The zero-order chi connectivity index (χ0) is 23.7. The molecule has 0 amide bonds. The van der Waals surface area contributed by atoms with Crippen LogP contribution in [0.25, 0.3) is 0 Å². The van der Waals surface area contributed by atoms with E-state index in [1.54, 1.807) is 12.1 Å². The van der Waals surface area contributed by atoms with E-state index < -0.39 is 0 Å². The van der Waals surface area contributed by atoms with Crippen LogP contribution in [0, 0.1) is 23.1 Å². The van der Waals surface area contributed by atoms with Crippen molar-refractivity contribution in [2.45, 2.75) is 90.3 Å². The van der Waals surface area contributed by atoms with E-state index in [1.807, 2.05) is 0 Å². The number of hydrogen-bond donors (Lipinski definition) is 0. The molecule has 0 N–H and O–H groups in total. The Balaban J connectivity index is 1.25. The first-order valence-corrected chi connectivity index (χ1v) is 13.2. The first-order chi connectivity index (χ1) is 16.5. The normalized spacial score (nSPS) is 29.6. The maximum atomic E-state index is 13.1. The van der Waals surface area contributed by atoms with Crippen LogP contribution in [0.15, 0.2) is 42.5 Å². The molecular formula is C30H37FO3. The second-order valence-corrected chi connectivity index (χ2v) is 10.9. The molecule has 5 rings (SSSR count). The number of aryl methyl sites for hydroxylation is 1. The lowest BCUT2D eigenvalue weighted by atomic mass is 9.55. The van der Waals surface area contributed by atoms with Gasteiger partial charge >= 0.3 is 5.97 Å². The maximum Gasteiger partial charge on any atom is 0.306 e. The summed E-state index contributed by atoms with van der Waals surface area (Å²) in [6.07, 6.45) is 9.38. The van der Waals surface area contributed by atoms with Crippen molar-refractivity contribution in [2.75, 3.05) is 0 Å². The fourth-order valence-corrected chi connectivity index (χ4v) is 7.08. The summed E-state index contributed by atoms with van der Waals surface area (Å²) in [5.41, 5.74) is 4.01. The molecule has 0 aliphatic heterocycles. The molecule has 0 bridgehead atoms. The summed E-state index contributed by atoms with van der Waals surface area (Å²) in [6.45, 7) is 4.95. The highest BCUT2D eigenvalue weighted by Gasteiger charge is 2.56. The molecule has 0 spiro atoms. The molecule has 0 aromatic heterocycles. The number of carbonyl (C=O) groups excluding carboxylic acids is 1. The molecule has 0 unspecified atom stereocenters. The highest BCUT2D eigenvalue weighted by molar-refractivity contribution is 5.69. The van der Waals surface area contributed by atoms with Crippen LogP contribution in [0.4, 0.5) is 4.39 Å². The molecule has 2 fully saturated rings. The summed E-state index contributed by atoms with van der Waals surface area (Å²) >= 11 is 0. The first kappa shape index (κ1) is 23.4. The molecule has 182 valence electrons. The minimum atomic E-state index is -0.223. The number of hydrogen-bond acceptors (Lipinski definition) is 3. The lowest BCUT2D eigenvalue weighted by Crippen LogP contribution is -2.45. The van der Waals surface area contributed by atoms with Gasteiger partial charge in [0, 0.05) is 11.8 Å². The van der Waals surface area contributed by atoms with Crippen molar-refractivity contribution < 1.29 is 18.7 Å². The number of carbonyl (C=O) groups is 1. The van der Waals surface area contributed by atoms with Crippen LogP contribution < -0.4 is 4.74 Å². The number of fused-ring (bicyclic) bond motifs is 5. The van der Waals surface area contributed by atoms with Crippen LogP contribution in [-0.4, -0.2) is 12.1 Å². The van der Waals surface area contributed by atoms with Crippen molar-refractivity contribution in [3.05, 3.63) is 65.0 Å². The van der Waals surface area contributed by atoms with Gasteiger partial charge in [-0.05, 0) is 104 Å². The van der Waals surface area contributed by atoms with E-state index in [4.69, 9.17) is 9.47 Å². The van der Waals surface area contributed by atoms with Gasteiger partial charge in [-0.25, -0.2) is 4.39 Å². The Morgan fingerprint density at radius 1 is 1.09 bits per heavy atom. The Bertz CT molecular complexity index is 1020. The molecule has 3 aliphatic carbocycles. The predicted octanol–water partition coefficient (Wildman–Crippen LogP) is 7.36. The van der Waals surface area contributed by atoms with Crippen LogP contribution in [0.2, 0.25) is 0 Å². The van der Waals surface area contributed by atoms with Gasteiger partial charge in [0.05, 0.1) is 0 Å². The molecule has 5 atom stereocenters. The van der Waals surface area contributed by atoms with Gasteiger partial charge in [-0.3, -0.25) is 4.79 Å². The molecule has 2 aromatic rings. The van der Waals surface area contributed by atoms with Crippen molar-refractivity contribution in [3.63, 3.8) is 0 Å². The highest BCUT2D eigenvalue weighted by atomic mass is 19.1. The Hall–Kier alpha value is -2.36. The number of rotatable bonds is 7. The summed E-state index contributed by atoms with van der Waals surface area (Å²) in [7, 11) is 0. The minimum absolute atomic E-state index is 0.00185. The Labute approximate surface area is 203 Å². The van der Waals surface area contributed by atoms with Crippen molar-refractivity contribution in [2.24, 2.45) is 17.3 Å². The third-order valence-corrected chi connectivity index (χ3v) is 8.94. The SMILES string of the molecule is CCCCC(=O)O[C@@H]1CC[C@H]2[C@@H]3CCc4cc(OCc5ccc(F)cc5)ccc4[C@@H]3CC[C@]12C. The smallest absolute Gasteiger partial charge is 0.306 e. The van der Waals surface area contributed by atoms with Crippen molar-refractivity contribution in [1.29, 1.82) is 0 Å². The molecule has 2 saturated carbocycles. The maximum absolute atomic E-state index is 13.1. The number of benzene rings is 2. The zero-order valence-electron chi connectivity index (χ0n) is 20.5. The van der Waals surface area contributed by atoms with E-state index in [2.05, 4.69) is 32.0 Å². The minimum Gasteiger partial charge on any atom is -0.489 e. The lowest BCUT2D eigenvalue weighted by molar-refractivity contribution is -0.157. The summed E-state index contributed by atoms with van der Waals surface area (Å²) < 4.78 is 25.2. The fourth-order valence-electron chi connectivity index (χ4n) is 7.08. The summed E-state index contributed by atoms with van der Waals surface area (Å²) in [5, 5.41) is 0. The van der Waals surface area contributed by atoms with Crippen molar-refractivity contribution in [1.82, 2.24) is 0 Å². The second-order valence-electron chi connectivity index (χ2n) is 10.9. The van der Waals surface area contributed by atoms with Crippen molar-refractivity contribution >= 4 is 5.97 Å². The molecule has 2 aromatic carbocycles. The van der Waals surface area contributed by atoms with Crippen molar-refractivity contribution in [3.8, 4) is 5.75 Å². The second kappa shape index (κ2) is 9.71. The molecule has 0 radical (unpaired) electrons. The average molecular weight is 465 g/mol. The number of esters is 1.